The molecule has 2 aromatic carbocycles. The molecule has 2 unspecified atom stereocenters. The minimum Gasteiger partial charge on any atom is -0.384 e. The number of nitrogens with zero attached hydrogens (tertiary/aromatic N) is 1. The summed E-state index contributed by atoms with van der Waals surface area (Å²) in [4.78, 5) is 2.42. The second kappa shape index (κ2) is 8.35. The molecule has 3 rings (SSSR count). The van der Waals surface area contributed by atoms with E-state index >= 15 is 0 Å². The fourth-order valence-corrected chi connectivity index (χ4v) is 4.01. The molecule has 3 heteroatoms. The van der Waals surface area contributed by atoms with Crippen molar-refractivity contribution in [3.8, 4) is 0 Å². The van der Waals surface area contributed by atoms with Crippen molar-refractivity contribution in [1.29, 1.82) is 0 Å². The number of rotatable bonds is 6. The first-order valence-electron chi connectivity index (χ1n) is 9.28. The molecule has 0 aliphatic carbocycles. The zero-order valence-corrected chi connectivity index (χ0v) is 15.8. The molecular weight excluding hydrogens is 330 g/mol. The summed E-state index contributed by atoms with van der Waals surface area (Å²) in [6, 6.07) is 18.3. The number of aliphatic hydroxyl groups is 1. The Morgan fingerprint density at radius 2 is 1.84 bits per heavy atom. The lowest BCUT2D eigenvalue weighted by atomic mass is 9.89. The number of piperidine rings is 1. The Kier molecular flexibility index (Phi) is 6.16. The molecule has 1 fully saturated rings. The minimum absolute atomic E-state index is 0.677. The van der Waals surface area contributed by atoms with E-state index in [4.69, 9.17) is 11.6 Å². The van der Waals surface area contributed by atoms with E-state index in [1.807, 2.05) is 31.2 Å². The molecule has 0 spiro atoms. The first-order valence-corrected chi connectivity index (χ1v) is 9.65. The molecule has 0 saturated carbocycles. The van der Waals surface area contributed by atoms with Crippen LogP contribution in [0, 0.1) is 5.92 Å². The van der Waals surface area contributed by atoms with Gasteiger partial charge in [-0.1, -0.05) is 54.1 Å². The minimum atomic E-state index is -0.841. The van der Waals surface area contributed by atoms with Crippen molar-refractivity contribution in [2.75, 3.05) is 19.6 Å². The molecule has 1 aliphatic heterocycles. The first-order chi connectivity index (χ1) is 12.0. The van der Waals surface area contributed by atoms with Gasteiger partial charge in [-0.25, -0.2) is 0 Å². The Balaban J connectivity index is 1.54. The smallest absolute Gasteiger partial charge is 0.0994 e. The third-order valence-electron chi connectivity index (χ3n) is 5.28. The lowest BCUT2D eigenvalue weighted by Crippen LogP contribution is -2.44. The van der Waals surface area contributed by atoms with E-state index in [-0.39, 0.29) is 0 Å². The van der Waals surface area contributed by atoms with Crippen LogP contribution in [0.2, 0.25) is 5.02 Å². The zero-order valence-electron chi connectivity index (χ0n) is 15.0. The van der Waals surface area contributed by atoms with Crippen LogP contribution in [-0.2, 0) is 12.0 Å². The van der Waals surface area contributed by atoms with Crippen LogP contribution in [0.15, 0.2) is 54.6 Å². The van der Waals surface area contributed by atoms with Gasteiger partial charge in [0, 0.05) is 18.1 Å². The molecule has 0 bridgehead atoms. The monoisotopic (exact) mass is 357 g/mol. The fraction of sp³-hybridized carbons (Fsp3) is 0.455. The normalized spacial score (nSPS) is 21.0. The molecule has 0 aromatic heterocycles. The summed E-state index contributed by atoms with van der Waals surface area (Å²) in [5.74, 6) is 0.718. The van der Waals surface area contributed by atoms with Crippen LogP contribution in [0.1, 0.15) is 37.3 Å². The van der Waals surface area contributed by atoms with Crippen molar-refractivity contribution in [1.82, 2.24) is 4.90 Å². The molecule has 2 atom stereocenters. The summed E-state index contributed by atoms with van der Waals surface area (Å²) in [6.07, 6.45) is 4.89. The summed E-state index contributed by atoms with van der Waals surface area (Å²) in [7, 11) is 0. The largest absolute Gasteiger partial charge is 0.384 e. The Hall–Kier alpha value is -1.35. The molecule has 0 amide bonds. The van der Waals surface area contributed by atoms with E-state index in [1.165, 1.54) is 24.8 Å². The van der Waals surface area contributed by atoms with Crippen LogP contribution < -0.4 is 0 Å². The molecule has 1 heterocycles. The summed E-state index contributed by atoms with van der Waals surface area (Å²) in [5, 5.41) is 11.6. The van der Waals surface area contributed by atoms with Gasteiger partial charge in [0.25, 0.3) is 0 Å². The molecule has 1 aliphatic rings. The van der Waals surface area contributed by atoms with Crippen molar-refractivity contribution < 1.29 is 5.11 Å². The molecular formula is C22H28ClNO. The number of β-amino-alcohol motifs (C(OH)–C–C–N with tert-alkyl or cyclic N) is 1. The average molecular weight is 358 g/mol. The third kappa shape index (κ3) is 5.31. The summed E-state index contributed by atoms with van der Waals surface area (Å²) in [6.45, 7) is 4.74. The summed E-state index contributed by atoms with van der Waals surface area (Å²) in [5.41, 5.74) is 1.52. The van der Waals surface area contributed by atoms with E-state index in [0.717, 1.165) is 31.0 Å². The molecule has 2 nitrogen and oxygen atoms in total. The van der Waals surface area contributed by atoms with E-state index in [0.29, 0.717) is 11.6 Å². The van der Waals surface area contributed by atoms with Gasteiger partial charge in [-0.05, 0) is 68.3 Å². The second-order valence-electron chi connectivity index (χ2n) is 7.55. The summed E-state index contributed by atoms with van der Waals surface area (Å²) >= 11 is 5.97. The lowest BCUT2D eigenvalue weighted by Gasteiger charge is -2.37. The Labute approximate surface area is 156 Å². The number of aryl methyl sites for hydroxylation is 1. The predicted octanol–water partition coefficient (Wildman–Crippen LogP) is 4.89. The summed E-state index contributed by atoms with van der Waals surface area (Å²) < 4.78 is 0. The SMILES string of the molecule is CC(O)(CN1CCCC(CCc2ccccc2)C1)c1ccc(Cl)cc1. The Morgan fingerprint density at radius 1 is 1.12 bits per heavy atom. The van der Waals surface area contributed by atoms with Gasteiger partial charge in [0.15, 0.2) is 0 Å². The number of halogens is 1. The van der Waals surface area contributed by atoms with Crippen molar-refractivity contribution in [3.05, 3.63) is 70.7 Å². The highest BCUT2D eigenvalue weighted by molar-refractivity contribution is 6.30. The molecule has 1 saturated heterocycles. The number of hydrogen-bond acceptors (Lipinski definition) is 2. The van der Waals surface area contributed by atoms with Crippen LogP contribution in [0.25, 0.3) is 0 Å². The van der Waals surface area contributed by atoms with E-state index in [1.54, 1.807) is 0 Å². The standard InChI is InChI=1S/C22H28ClNO/c1-22(25,20-11-13-21(23)14-12-20)17-24-15-5-8-19(16-24)10-9-18-6-3-2-4-7-18/h2-4,6-7,11-14,19,25H,5,8-10,15-17H2,1H3. The lowest BCUT2D eigenvalue weighted by molar-refractivity contribution is 0.00263. The molecule has 134 valence electrons. The maximum Gasteiger partial charge on any atom is 0.0994 e. The zero-order chi connectivity index (χ0) is 17.7. The first kappa shape index (κ1) is 18.4. The van der Waals surface area contributed by atoms with E-state index in [9.17, 15) is 5.11 Å². The van der Waals surface area contributed by atoms with Crippen molar-refractivity contribution in [2.24, 2.45) is 5.92 Å². The fourth-order valence-electron chi connectivity index (χ4n) is 3.88. The van der Waals surface area contributed by atoms with Gasteiger partial charge in [0.2, 0.25) is 0 Å². The van der Waals surface area contributed by atoms with Gasteiger partial charge in [-0.2, -0.15) is 0 Å². The quantitative estimate of drug-likeness (QED) is 0.795. The van der Waals surface area contributed by atoms with Gasteiger partial charge in [0.1, 0.15) is 0 Å². The molecule has 1 N–H and O–H groups in total. The molecule has 0 radical (unpaired) electrons. The van der Waals surface area contributed by atoms with E-state index in [2.05, 4.69) is 35.2 Å². The van der Waals surface area contributed by atoms with E-state index < -0.39 is 5.60 Å². The maximum absolute atomic E-state index is 10.9. The van der Waals surface area contributed by atoms with Gasteiger partial charge in [0.05, 0.1) is 5.60 Å². The van der Waals surface area contributed by atoms with Gasteiger partial charge < -0.3 is 5.11 Å². The van der Waals surface area contributed by atoms with Crippen LogP contribution >= 0.6 is 11.6 Å². The van der Waals surface area contributed by atoms with Crippen molar-refractivity contribution in [3.63, 3.8) is 0 Å². The highest BCUT2D eigenvalue weighted by Crippen LogP contribution is 2.27. The van der Waals surface area contributed by atoms with Gasteiger partial charge in [-0.3, -0.25) is 4.90 Å². The third-order valence-corrected chi connectivity index (χ3v) is 5.54. The van der Waals surface area contributed by atoms with Crippen LogP contribution in [-0.4, -0.2) is 29.6 Å². The van der Waals surface area contributed by atoms with Crippen LogP contribution in [0.3, 0.4) is 0 Å². The number of likely N-dealkylation sites (tertiary alicyclic amines) is 1. The Morgan fingerprint density at radius 3 is 2.56 bits per heavy atom. The number of hydrogen-bond donors (Lipinski definition) is 1. The van der Waals surface area contributed by atoms with Crippen molar-refractivity contribution >= 4 is 11.6 Å². The van der Waals surface area contributed by atoms with Gasteiger partial charge in [-0.15, -0.1) is 0 Å². The van der Waals surface area contributed by atoms with Crippen LogP contribution in [0.5, 0.6) is 0 Å². The second-order valence-corrected chi connectivity index (χ2v) is 7.98. The highest BCUT2D eigenvalue weighted by Gasteiger charge is 2.29. The van der Waals surface area contributed by atoms with Crippen molar-refractivity contribution in [2.45, 2.75) is 38.2 Å². The highest BCUT2D eigenvalue weighted by atomic mass is 35.5. The number of benzene rings is 2. The average Bonchev–Trinajstić information content (AvgIpc) is 2.61. The topological polar surface area (TPSA) is 23.5 Å². The maximum atomic E-state index is 10.9. The predicted molar refractivity (Wildman–Crippen MR) is 105 cm³/mol. The Bertz CT molecular complexity index is 653. The molecule has 25 heavy (non-hydrogen) atoms. The van der Waals surface area contributed by atoms with Gasteiger partial charge >= 0.3 is 0 Å². The molecule has 2 aromatic rings. The van der Waals surface area contributed by atoms with Crippen LogP contribution in [0.4, 0.5) is 0 Å².